The molecule has 74 valence electrons. The van der Waals surface area contributed by atoms with Crippen molar-refractivity contribution in [2.45, 2.75) is 25.3 Å². The van der Waals surface area contributed by atoms with Crippen LogP contribution in [-0.4, -0.2) is 23.0 Å². The van der Waals surface area contributed by atoms with Crippen LogP contribution in [0.3, 0.4) is 0 Å². The molecule has 0 saturated carbocycles. The quantitative estimate of drug-likeness (QED) is 0.708. The third-order valence-corrected chi connectivity index (χ3v) is 2.50. The lowest BCUT2D eigenvalue weighted by atomic mass is 10.1. The lowest BCUT2D eigenvalue weighted by Gasteiger charge is -2.22. The maximum atomic E-state index is 8.53. The lowest BCUT2D eigenvalue weighted by molar-refractivity contribution is 0.0662. The van der Waals surface area contributed by atoms with Crippen molar-refractivity contribution >= 4 is 0 Å². The molecule has 0 radical (unpaired) electrons. The first-order chi connectivity index (χ1) is 6.90. The Morgan fingerprint density at radius 2 is 2.36 bits per heavy atom. The van der Waals surface area contributed by atoms with Gasteiger partial charge in [0.05, 0.1) is 24.7 Å². The summed E-state index contributed by atoms with van der Waals surface area (Å²) < 4.78 is 7.25. The van der Waals surface area contributed by atoms with Gasteiger partial charge in [0.25, 0.3) is 0 Å². The van der Waals surface area contributed by atoms with E-state index in [-0.39, 0.29) is 0 Å². The number of aromatic nitrogens is 2. The van der Waals surface area contributed by atoms with E-state index in [0.717, 1.165) is 31.6 Å². The Labute approximate surface area is 83.1 Å². The topological polar surface area (TPSA) is 50.8 Å². The van der Waals surface area contributed by atoms with E-state index in [1.54, 1.807) is 6.20 Å². The van der Waals surface area contributed by atoms with Crippen molar-refractivity contribution in [2.75, 3.05) is 13.2 Å². The zero-order chi connectivity index (χ0) is 9.80. The molecule has 2 heterocycles. The van der Waals surface area contributed by atoms with Gasteiger partial charge in [0, 0.05) is 25.0 Å². The number of hydrogen-bond donors (Lipinski definition) is 0. The molecule has 0 amide bonds. The van der Waals surface area contributed by atoms with Crippen LogP contribution in [0.4, 0.5) is 0 Å². The molecule has 0 aliphatic carbocycles. The van der Waals surface area contributed by atoms with E-state index in [1.807, 2.05) is 10.9 Å². The van der Waals surface area contributed by atoms with Gasteiger partial charge in [-0.2, -0.15) is 10.4 Å². The normalized spacial score (nSPS) is 17.9. The van der Waals surface area contributed by atoms with E-state index in [9.17, 15) is 0 Å². The van der Waals surface area contributed by atoms with E-state index in [2.05, 4.69) is 11.2 Å². The molecule has 1 aromatic rings. The Hall–Kier alpha value is -1.34. The molecular formula is C10H13N3O. The Morgan fingerprint density at radius 1 is 1.57 bits per heavy atom. The summed E-state index contributed by atoms with van der Waals surface area (Å²) in [6.45, 7) is 1.64. The van der Waals surface area contributed by atoms with Gasteiger partial charge in [0.2, 0.25) is 0 Å². The monoisotopic (exact) mass is 191 g/mol. The van der Waals surface area contributed by atoms with Gasteiger partial charge < -0.3 is 4.74 Å². The van der Waals surface area contributed by atoms with Crippen LogP contribution in [0.2, 0.25) is 0 Å². The Morgan fingerprint density at radius 3 is 3.07 bits per heavy atom. The minimum atomic E-state index is 0.448. The van der Waals surface area contributed by atoms with Crippen LogP contribution in [0.25, 0.3) is 0 Å². The fourth-order valence-electron chi connectivity index (χ4n) is 1.71. The van der Waals surface area contributed by atoms with Crippen molar-refractivity contribution < 1.29 is 4.74 Å². The highest BCUT2D eigenvalue weighted by molar-refractivity contribution is 5.09. The minimum absolute atomic E-state index is 0.448. The summed E-state index contributed by atoms with van der Waals surface area (Å²) in [5, 5.41) is 12.8. The first-order valence-corrected chi connectivity index (χ1v) is 4.88. The van der Waals surface area contributed by atoms with E-state index in [1.165, 1.54) is 0 Å². The zero-order valence-corrected chi connectivity index (χ0v) is 8.02. The molecule has 1 aliphatic heterocycles. The van der Waals surface area contributed by atoms with Gasteiger partial charge in [-0.3, -0.25) is 4.68 Å². The standard InChI is InChI=1S/C10H13N3O/c11-4-1-9-7-12-13(8-9)10-2-5-14-6-3-10/h7-8,10H,1-3,5-6H2. The van der Waals surface area contributed by atoms with Crippen LogP contribution >= 0.6 is 0 Å². The fourth-order valence-corrected chi connectivity index (χ4v) is 1.71. The molecule has 14 heavy (non-hydrogen) atoms. The summed E-state index contributed by atoms with van der Waals surface area (Å²) >= 11 is 0. The third kappa shape index (κ3) is 1.94. The zero-order valence-electron chi connectivity index (χ0n) is 8.02. The average molecular weight is 191 g/mol. The molecule has 1 saturated heterocycles. The number of nitriles is 1. The van der Waals surface area contributed by atoms with Crippen LogP contribution in [-0.2, 0) is 11.2 Å². The van der Waals surface area contributed by atoms with E-state index >= 15 is 0 Å². The second-order valence-electron chi connectivity index (χ2n) is 3.51. The summed E-state index contributed by atoms with van der Waals surface area (Å²) in [6, 6.07) is 2.58. The first kappa shape index (κ1) is 9.22. The van der Waals surface area contributed by atoms with Gasteiger partial charge in [0.1, 0.15) is 0 Å². The highest BCUT2D eigenvalue weighted by Crippen LogP contribution is 2.20. The van der Waals surface area contributed by atoms with Crippen molar-refractivity contribution in [3.63, 3.8) is 0 Å². The maximum Gasteiger partial charge on any atom is 0.0670 e. The average Bonchev–Trinajstić information content (AvgIpc) is 2.68. The molecule has 0 atom stereocenters. The molecule has 4 heteroatoms. The van der Waals surface area contributed by atoms with E-state index in [4.69, 9.17) is 10.00 Å². The smallest absolute Gasteiger partial charge is 0.0670 e. The highest BCUT2D eigenvalue weighted by atomic mass is 16.5. The highest BCUT2D eigenvalue weighted by Gasteiger charge is 2.16. The molecule has 0 spiro atoms. The number of ether oxygens (including phenoxy) is 1. The van der Waals surface area contributed by atoms with Crippen LogP contribution in [0.5, 0.6) is 0 Å². The molecular weight excluding hydrogens is 178 g/mol. The lowest BCUT2D eigenvalue weighted by Crippen LogP contribution is -2.19. The summed E-state index contributed by atoms with van der Waals surface area (Å²) in [7, 11) is 0. The van der Waals surface area contributed by atoms with Crippen LogP contribution in [0, 0.1) is 11.3 Å². The fraction of sp³-hybridized carbons (Fsp3) is 0.600. The van der Waals surface area contributed by atoms with Gasteiger partial charge in [-0.25, -0.2) is 0 Å². The molecule has 1 aliphatic rings. The van der Waals surface area contributed by atoms with Crippen LogP contribution < -0.4 is 0 Å². The first-order valence-electron chi connectivity index (χ1n) is 4.88. The van der Waals surface area contributed by atoms with Gasteiger partial charge >= 0.3 is 0 Å². The Bertz CT molecular complexity index is 333. The van der Waals surface area contributed by atoms with Crippen molar-refractivity contribution in [2.24, 2.45) is 0 Å². The second kappa shape index (κ2) is 4.25. The molecule has 0 bridgehead atoms. The molecule has 4 nitrogen and oxygen atoms in total. The van der Waals surface area contributed by atoms with E-state index in [0.29, 0.717) is 12.5 Å². The molecule has 0 unspecified atom stereocenters. The van der Waals surface area contributed by atoms with Crippen molar-refractivity contribution in [3.8, 4) is 6.07 Å². The van der Waals surface area contributed by atoms with Gasteiger partial charge in [-0.1, -0.05) is 0 Å². The summed E-state index contributed by atoms with van der Waals surface area (Å²) in [5.74, 6) is 0. The largest absolute Gasteiger partial charge is 0.381 e. The number of hydrogen-bond acceptors (Lipinski definition) is 3. The van der Waals surface area contributed by atoms with E-state index < -0.39 is 0 Å². The molecule has 0 aromatic carbocycles. The SMILES string of the molecule is N#CCc1cnn(C2CCOCC2)c1. The molecule has 1 aromatic heterocycles. The predicted octanol–water partition coefficient (Wildman–Crippen LogP) is 1.30. The van der Waals surface area contributed by atoms with Gasteiger partial charge in [-0.05, 0) is 12.8 Å². The minimum Gasteiger partial charge on any atom is -0.381 e. The summed E-state index contributed by atoms with van der Waals surface area (Å²) in [4.78, 5) is 0. The Kier molecular flexibility index (Phi) is 2.80. The predicted molar refractivity (Wildman–Crippen MR) is 50.6 cm³/mol. The Balaban J connectivity index is 2.04. The van der Waals surface area contributed by atoms with Crippen LogP contribution in [0.1, 0.15) is 24.4 Å². The van der Waals surface area contributed by atoms with Crippen LogP contribution in [0.15, 0.2) is 12.4 Å². The van der Waals surface area contributed by atoms with Crippen molar-refractivity contribution in [1.82, 2.24) is 9.78 Å². The molecule has 0 N–H and O–H groups in total. The molecule has 2 rings (SSSR count). The second-order valence-corrected chi connectivity index (χ2v) is 3.51. The number of nitrogens with zero attached hydrogens (tertiary/aromatic N) is 3. The van der Waals surface area contributed by atoms with Crippen molar-refractivity contribution in [1.29, 1.82) is 5.26 Å². The van der Waals surface area contributed by atoms with Gasteiger partial charge in [-0.15, -0.1) is 0 Å². The maximum absolute atomic E-state index is 8.53. The van der Waals surface area contributed by atoms with Gasteiger partial charge in [0.15, 0.2) is 0 Å². The third-order valence-electron chi connectivity index (χ3n) is 2.50. The summed E-state index contributed by atoms with van der Waals surface area (Å²) in [5.41, 5.74) is 0.999. The van der Waals surface area contributed by atoms with Crippen molar-refractivity contribution in [3.05, 3.63) is 18.0 Å². The molecule has 1 fully saturated rings. The summed E-state index contributed by atoms with van der Waals surface area (Å²) in [6.07, 6.45) is 6.24. The number of rotatable bonds is 2.